The number of hydrogen-bond acceptors (Lipinski definition) is 7. The van der Waals surface area contributed by atoms with E-state index >= 15 is 0 Å². The molecule has 0 aliphatic heterocycles. The van der Waals surface area contributed by atoms with E-state index in [9.17, 15) is 13.2 Å². The summed E-state index contributed by atoms with van der Waals surface area (Å²) >= 11 is 0. The smallest absolute Gasteiger partial charge is 0.261 e. The predicted molar refractivity (Wildman–Crippen MR) is 136 cm³/mol. The highest BCUT2D eigenvalue weighted by Crippen LogP contribution is 2.30. The number of nitrogens with one attached hydrogen (secondary N) is 2. The van der Waals surface area contributed by atoms with Gasteiger partial charge in [-0.1, -0.05) is 6.07 Å². The van der Waals surface area contributed by atoms with E-state index in [1.807, 2.05) is 19.9 Å². The molecule has 0 heterocycles. The van der Waals surface area contributed by atoms with Crippen molar-refractivity contribution in [3.63, 3.8) is 0 Å². The molecule has 1 atom stereocenters. The van der Waals surface area contributed by atoms with Gasteiger partial charge in [0.25, 0.3) is 15.9 Å². The highest BCUT2D eigenvalue weighted by atomic mass is 32.2. The van der Waals surface area contributed by atoms with Gasteiger partial charge >= 0.3 is 0 Å². The molecule has 0 aliphatic rings. The molecular weight excluding hydrogens is 484 g/mol. The number of rotatable bonds is 12. The predicted octanol–water partition coefficient (Wildman–Crippen LogP) is 4.16. The maximum atomic E-state index is 12.7. The minimum atomic E-state index is -3.79. The summed E-state index contributed by atoms with van der Waals surface area (Å²) in [6, 6.07) is 17.6. The van der Waals surface area contributed by atoms with Crippen molar-refractivity contribution >= 4 is 21.6 Å². The van der Waals surface area contributed by atoms with Crippen LogP contribution in [0, 0.1) is 0 Å². The summed E-state index contributed by atoms with van der Waals surface area (Å²) in [7, 11) is -0.686. The molecule has 0 bridgehead atoms. The van der Waals surface area contributed by atoms with Crippen LogP contribution in [0.15, 0.2) is 71.6 Å². The zero-order chi connectivity index (χ0) is 26.1. The average Bonchev–Trinajstić information content (AvgIpc) is 2.88. The normalized spacial score (nSPS) is 11.8. The first-order valence-corrected chi connectivity index (χ1v) is 12.7. The fourth-order valence-corrected chi connectivity index (χ4v) is 4.41. The zero-order valence-corrected chi connectivity index (χ0v) is 21.4. The molecule has 9 nitrogen and oxygen atoms in total. The maximum Gasteiger partial charge on any atom is 0.261 e. The summed E-state index contributed by atoms with van der Waals surface area (Å²) in [6.07, 6.45) is 0. The van der Waals surface area contributed by atoms with Gasteiger partial charge in [-0.15, -0.1) is 0 Å². The number of benzene rings is 3. The van der Waals surface area contributed by atoms with Crippen LogP contribution in [-0.2, 0) is 14.8 Å². The third kappa shape index (κ3) is 7.05. The largest absolute Gasteiger partial charge is 0.494 e. The molecule has 0 aromatic heterocycles. The van der Waals surface area contributed by atoms with E-state index in [0.29, 0.717) is 35.3 Å². The summed E-state index contributed by atoms with van der Waals surface area (Å²) < 4.78 is 49.3. The second-order valence-electron chi connectivity index (χ2n) is 7.73. The molecule has 10 heteroatoms. The van der Waals surface area contributed by atoms with E-state index in [1.54, 1.807) is 50.6 Å². The van der Waals surface area contributed by atoms with E-state index < -0.39 is 10.0 Å². The topological polar surface area (TPSA) is 112 Å². The van der Waals surface area contributed by atoms with Crippen molar-refractivity contribution in [2.45, 2.75) is 24.8 Å². The van der Waals surface area contributed by atoms with Crippen LogP contribution in [-0.4, -0.2) is 41.8 Å². The number of sulfonamides is 1. The van der Waals surface area contributed by atoms with Crippen LogP contribution in [0.25, 0.3) is 0 Å². The summed E-state index contributed by atoms with van der Waals surface area (Å²) in [5.74, 6) is 1.86. The summed E-state index contributed by atoms with van der Waals surface area (Å²) in [5, 5.41) is 2.85. The van der Waals surface area contributed by atoms with Crippen molar-refractivity contribution in [3.05, 3.63) is 72.3 Å². The van der Waals surface area contributed by atoms with Gasteiger partial charge in [0.05, 0.1) is 31.8 Å². The highest BCUT2D eigenvalue weighted by Gasteiger charge is 2.16. The van der Waals surface area contributed by atoms with Crippen molar-refractivity contribution in [1.29, 1.82) is 0 Å². The molecule has 1 amide bonds. The summed E-state index contributed by atoms with van der Waals surface area (Å²) in [6.45, 7) is 4.01. The lowest BCUT2D eigenvalue weighted by molar-refractivity contribution is -0.123. The number of methoxy groups -OCH3 is 2. The molecule has 3 rings (SSSR count). The van der Waals surface area contributed by atoms with Crippen LogP contribution < -0.4 is 29.0 Å². The lowest BCUT2D eigenvalue weighted by atomic mass is 10.1. The van der Waals surface area contributed by atoms with E-state index in [0.717, 1.165) is 5.56 Å². The Balaban J connectivity index is 1.54. The van der Waals surface area contributed by atoms with Gasteiger partial charge in [-0.05, 0) is 80.1 Å². The van der Waals surface area contributed by atoms with Gasteiger partial charge in [0.15, 0.2) is 18.1 Å². The van der Waals surface area contributed by atoms with Crippen LogP contribution >= 0.6 is 0 Å². The lowest BCUT2D eigenvalue weighted by Gasteiger charge is -2.17. The van der Waals surface area contributed by atoms with E-state index in [2.05, 4.69) is 10.0 Å². The number of ether oxygens (including phenoxy) is 4. The van der Waals surface area contributed by atoms with Crippen molar-refractivity contribution in [3.8, 4) is 23.0 Å². The number of hydrogen-bond donors (Lipinski definition) is 2. The molecule has 0 fully saturated rings. The standard InChI is InChI=1S/C26H30N2O7S/c1-5-34-21-9-7-20(8-10-21)28-36(30,31)23-13-11-22(12-14-23)35-17-26(29)27-18(2)19-6-15-24(32-3)25(16-19)33-4/h6-16,18,28H,5,17H2,1-4H3,(H,27,29)/t18-/m1/s1. The quantitative estimate of drug-likeness (QED) is 0.373. The minimum absolute atomic E-state index is 0.0651. The van der Waals surface area contributed by atoms with Crippen LogP contribution in [0.4, 0.5) is 5.69 Å². The van der Waals surface area contributed by atoms with Crippen LogP contribution in [0.2, 0.25) is 0 Å². The Morgan fingerprint density at radius 2 is 1.47 bits per heavy atom. The monoisotopic (exact) mass is 514 g/mol. The van der Waals surface area contributed by atoms with Gasteiger partial charge in [-0.2, -0.15) is 0 Å². The van der Waals surface area contributed by atoms with Crippen LogP contribution in [0.1, 0.15) is 25.5 Å². The molecule has 0 radical (unpaired) electrons. The van der Waals surface area contributed by atoms with E-state index in [4.69, 9.17) is 18.9 Å². The van der Waals surface area contributed by atoms with Crippen LogP contribution in [0.5, 0.6) is 23.0 Å². The number of amides is 1. The second kappa shape index (κ2) is 12.2. The molecule has 0 spiro atoms. The maximum absolute atomic E-state index is 12.7. The SMILES string of the molecule is CCOc1ccc(NS(=O)(=O)c2ccc(OCC(=O)N[C@H](C)c3ccc(OC)c(OC)c3)cc2)cc1. The average molecular weight is 515 g/mol. The van der Waals surface area contributed by atoms with Gasteiger partial charge < -0.3 is 24.3 Å². The molecular formula is C26H30N2O7S. The number of carbonyl (C=O) groups is 1. The Kier molecular flexibility index (Phi) is 9.02. The Hall–Kier alpha value is -3.92. The first-order valence-electron chi connectivity index (χ1n) is 11.3. The van der Waals surface area contributed by atoms with Gasteiger partial charge in [-0.3, -0.25) is 9.52 Å². The first-order chi connectivity index (χ1) is 17.2. The van der Waals surface area contributed by atoms with Gasteiger partial charge in [-0.25, -0.2) is 8.42 Å². The van der Waals surface area contributed by atoms with E-state index in [-0.39, 0.29) is 23.5 Å². The molecule has 3 aromatic rings. The molecule has 0 aliphatic carbocycles. The molecule has 36 heavy (non-hydrogen) atoms. The Morgan fingerprint density at radius 1 is 0.861 bits per heavy atom. The zero-order valence-electron chi connectivity index (χ0n) is 20.6. The van der Waals surface area contributed by atoms with Crippen LogP contribution in [0.3, 0.4) is 0 Å². The van der Waals surface area contributed by atoms with Crippen molar-refractivity contribution in [2.24, 2.45) is 0 Å². The van der Waals surface area contributed by atoms with Gasteiger partial charge in [0.2, 0.25) is 0 Å². The lowest BCUT2D eigenvalue weighted by Crippen LogP contribution is -2.31. The van der Waals surface area contributed by atoms with Crippen molar-refractivity contribution < 1.29 is 32.2 Å². The Labute approximate surface area is 211 Å². The molecule has 2 N–H and O–H groups in total. The van der Waals surface area contributed by atoms with E-state index in [1.165, 1.54) is 24.3 Å². The second-order valence-corrected chi connectivity index (χ2v) is 9.41. The highest BCUT2D eigenvalue weighted by molar-refractivity contribution is 7.92. The fraction of sp³-hybridized carbons (Fsp3) is 0.269. The third-order valence-electron chi connectivity index (χ3n) is 5.21. The summed E-state index contributed by atoms with van der Waals surface area (Å²) in [5.41, 5.74) is 1.26. The third-order valence-corrected chi connectivity index (χ3v) is 6.60. The van der Waals surface area contributed by atoms with Crippen molar-refractivity contribution in [1.82, 2.24) is 5.32 Å². The Bertz CT molecular complexity index is 1260. The first kappa shape index (κ1) is 26.7. The van der Waals surface area contributed by atoms with Gasteiger partial charge in [0, 0.05) is 5.69 Å². The number of anilines is 1. The summed E-state index contributed by atoms with van der Waals surface area (Å²) in [4.78, 5) is 12.4. The molecule has 3 aromatic carbocycles. The van der Waals surface area contributed by atoms with Gasteiger partial charge in [0.1, 0.15) is 11.5 Å². The molecule has 0 unspecified atom stereocenters. The molecule has 0 saturated heterocycles. The minimum Gasteiger partial charge on any atom is -0.494 e. The van der Waals surface area contributed by atoms with Crippen molar-refractivity contribution in [2.75, 3.05) is 32.2 Å². The molecule has 0 saturated carbocycles. The Morgan fingerprint density at radius 3 is 2.08 bits per heavy atom. The fourth-order valence-electron chi connectivity index (χ4n) is 3.35. The molecule has 192 valence electrons. The number of carbonyl (C=O) groups excluding carboxylic acids is 1.